The Morgan fingerprint density at radius 1 is 1.60 bits per heavy atom. The second-order valence-corrected chi connectivity index (χ2v) is 4.66. The highest BCUT2D eigenvalue weighted by atomic mass is 19.1. The molecule has 0 aliphatic carbocycles. The largest absolute Gasteiger partial charge is 0.409 e. The van der Waals surface area contributed by atoms with E-state index in [1.807, 2.05) is 0 Å². The summed E-state index contributed by atoms with van der Waals surface area (Å²) >= 11 is 0. The molecule has 1 aromatic rings. The maximum absolute atomic E-state index is 13.9. The molecule has 1 aromatic carbocycles. The second-order valence-electron chi connectivity index (χ2n) is 4.66. The van der Waals surface area contributed by atoms with Crippen LogP contribution >= 0.6 is 0 Å². The maximum Gasteiger partial charge on any atom is 0.237 e. The van der Waals surface area contributed by atoms with Gasteiger partial charge in [0.2, 0.25) is 5.91 Å². The zero-order valence-electron chi connectivity index (χ0n) is 10.9. The van der Waals surface area contributed by atoms with Gasteiger partial charge in [-0.2, -0.15) is 0 Å². The lowest BCUT2D eigenvalue weighted by molar-refractivity contribution is -0.124. The molecule has 0 radical (unpaired) electrons. The standard InChI is InChI=1S/C13H17FN4O2/c14-10-6-8(12(15)18-20)3-4-9(10)7-17-11-2-1-5-16-13(11)19/h3-4,6,11,17,20H,1-2,5,7H2,(H2,15,18)(H,16,19). The molecule has 1 atom stereocenters. The minimum Gasteiger partial charge on any atom is -0.409 e. The molecule has 20 heavy (non-hydrogen) atoms. The monoisotopic (exact) mass is 280 g/mol. The zero-order valence-corrected chi connectivity index (χ0v) is 10.9. The first-order valence-electron chi connectivity index (χ1n) is 6.39. The molecular formula is C13H17FN4O2. The minimum absolute atomic E-state index is 0.0510. The fourth-order valence-corrected chi connectivity index (χ4v) is 2.11. The van der Waals surface area contributed by atoms with Gasteiger partial charge < -0.3 is 21.6 Å². The quantitative estimate of drug-likeness (QED) is 0.276. The van der Waals surface area contributed by atoms with Crippen molar-refractivity contribution in [2.75, 3.05) is 6.54 Å². The van der Waals surface area contributed by atoms with E-state index in [1.54, 1.807) is 12.1 Å². The number of hydrogen-bond donors (Lipinski definition) is 4. The number of carbonyl (C=O) groups is 1. The number of nitrogens with one attached hydrogen (secondary N) is 2. The summed E-state index contributed by atoms with van der Waals surface area (Å²) in [7, 11) is 0. The predicted molar refractivity (Wildman–Crippen MR) is 71.8 cm³/mol. The smallest absolute Gasteiger partial charge is 0.237 e. The molecular weight excluding hydrogens is 263 g/mol. The predicted octanol–water partition coefficient (Wildman–Crippen LogP) is 0.288. The van der Waals surface area contributed by atoms with Gasteiger partial charge in [-0.05, 0) is 18.9 Å². The van der Waals surface area contributed by atoms with Crippen molar-refractivity contribution in [3.8, 4) is 0 Å². The van der Waals surface area contributed by atoms with Gasteiger partial charge in [0.1, 0.15) is 5.82 Å². The molecule has 1 amide bonds. The summed E-state index contributed by atoms with van der Waals surface area (Å²) in [4.78, 5) is 11.6. The zero-order chi connectivity index (χ0) is 14.5. The number of amides is 1. The van der Waals surface area contributed by atoms with Crippen LogP contribution < -0.4 is 16.4 Å². The molecule has 5 N–H and O–H groups in total. The number of halogens is 1. The number of nitrogens with two attached hydrogens (primary N) is 1. The normalized spacial score (nSPS) is 19.8. The molecule has 0 aromatic heterocycles. The Hall–Kier alpha value is -2.15. The first kappa shape index (κ1) is 14.3. The van der Waals surface area contributed by atoms with Crippen molar-refractivity contribution in [2.24, 2.45) is 10.9 Å². The third-order valence-electron chi connectivity index (χ3n) is 3.28. The number of carbonyl (C=O) groups excluding carboxylic acids is 1. The maximum atomic E-state index is 13.9. The molecule has 1 heterocycles. The number of rotatable bonds is 4. The summed E-state index contributed by atoms with van der Waals surface area (Å²) in [6, 6.07) is 4.03. The molecule has 108 valence electrons. The summed E-state index contributed by atoms with van der Waals surface area (Å²) < 4.78 is 13.9. The van der Waals surface area contributed by atoms with Crippen molar-refractivity contribution < 1.29 is 14.4 Å². The Balaban J connectivity index is 2.01. The average Bonchev–Trinajstić information content (AvgIpc) is 2.46. The van der Waals surface area contributed by atoms with Crippen molar-refractivity contribution in [3.05, 3.63) is 35.1 Å². The molecule has 1 fully saturated rings. The first-order chi connectivity index (χ1) is 9.61. The minimum atomic E-state index is -0.460. The van der Waals surface area contributed by atoms with E-state index < -0.39 is 5.82 Å². The Bertz CT molecular complexity index is 533. The SMILES string of the molecule is NC(=NO)c1ccc(CNC2CCCNC2=O)c(F)c1. The van der Waals surface area contributed by atoms with Crippen LogP contribution in [0.3, 0.4) is 0 Å². The van der Waals surface area contributed by atoms with Crippen LogP contribution in [0.4, 0.5) is 4.39 Å². The summed E-state index contributed by atoms with van der Waals surface area (Å²) in [5, 5.41) is 17.1. The molecule has 1 unspecified atom stereocenters. The van der Waals surface area contributed by atoms with Gasteiger partial charge in [-0.1, -0.05) is 17.3 Å². The molecule has 2 rings (SSSR count). The lowest BCUT2D eigenvalue weighted by Gasteiger charge is -2.23. The fraction of sp³-hybridized carbons (Fsp3) is 0.385. The van der Waals surface area contributed by atoms with Crippen molar-refractivity contribution in [1.29, 1.82) is 0 Å². The van der Waals surface area contributed by atoms with Gasteiger partial charge in [-0.3, -0.25) is 4.79 Å². The molecule has 1 aliphatic heterocycles. The van der Waals surface area contributed by atoms with E-state index in [0.29, 0.717) is 17.7 Å². The number of oxime groups is 1. The summed E-state index contributed by atoms with van der Waals surface area (Å²) in [6.07, 6.45) is 1.66. The molecule has 6 nitrogen and oxygen atoms in total. The van der Waals surface area contributed by atoms with Crippen LogP contribution in [0, 0.1) is 5.82 Å². The highest BCUT2D eigenvalue weighted by molar-refractivity contribution is 5.97. The Morgan fingerprint density at radius 3 is 3.05 bits per heavy atom. The summed E-state index contributed by atoms with van der Waals surface area (Å²) in [5.41, 5.74) is 6.13. The van der Waals surface area contributed by atoms with Crippen LogP contribution in [0.2, 0.25) is 0 Å². The van der Waals surface area contributed by atoms with Crippen LogP contribution in [0.5, 0.6) is 0 Å². The second kappa shape index (κ2) is 6.33. The van der Waals surface area contributed by atoms with E-state index in [0.717, 1.165) is 12.8 Å². The van der Waals surface area contributed by atoms with Crippen LogP contribution in [0.25, 0.3) is 0 Å². The first-order valence-corrected chi connectivity index (χ1v) is 6.39. The highest BCUT2D eigenvalue weighted by Gasteiger charge is 2.21. The van der Waals surface area contributed by atoms with Gasteiger partial charge in [-0.25, -0.2) is 4.39 Å². The molecule has 1 saturated heterocycles. The highest BCUT2D eigenvalue weighted by Crippen LogP contribution is 2.12. The fourth-order valence-electron chi connectivity index (χ4n) is 2.11. The van der Waals surface area contributed by atoms with Crippen LogP contribution in [-0.4, -0.2) is 29.5 Å². The molecule has 0 bridgehead atoms. The van der Waals surface area contributed by atoms with Crippen LogP contribution in [0.1, 0.15) is 24.0 Å². The number of piperidine rings is 1. The van der Waals surface area contributed by atoms with Gasteiger partial charge in [0.15, 0.2) is 5.84 Å². The lowest BCUT2D eigenvalue weighted by atomic mass is 10.1. The average molecular weight is 280 g/mol. The van der Waals surface area contributed by atoms with E-state index in [1.165, 1.54) is 6.07 Å². The van der Waals surface area contributed by atoms with E-state index in [2.05, 4.69) is 15.8 Å². The van der Waals surface area contributed by atoms with Gasteiger partial charge in [0, 0.05) is 24.2 Å². The van der Waals surface area contributed by atoms with Crippen molar-refractivity contribution in [2.45, 2.75) is 25.4 Å². The van der Waals surface area contributed by atoms with E-state index in [9.17, 15) is 9.18 Å². The van der Waals surface area contributed by atoms with Crippen LogP contribution in [0.15, 0.2) is 23.4 Å². The Kier molecular flexibility index (Phi) is 4.52. The van der Waals surface area contributed by atoms with Crippen molar-refractivity contribution in [1.82, 2.24) is 10.6 Å². The van der Waals surface area contributed by atoms with E-state index >= 15 is 0 Å². The Labute approximate surface area is 115 Å². The summed E-state index contributed by atoms with van der Waals surface area (Å²) in [6.45, 7) is 0.945. The number of hydrogen-bond acceptors (Lipinski definition) is 4. The van der Waals surface area contributed by atoms with Crippen molar-refractivity contribution in [3.63, 3.8) is 0 Å². The topological polar surface area (TPSA) is 99.7 Å². The number of amidine groups is 1. The lowest BCUT2D eigenvalue weighted by Crippen LogP contribution is -2.48. The van der Waals surface area contributed by atoms with Gasteiger partial charge in [0.05, 0.1) is 6.04 Å². The molecule has 0 spiro atoms. The summed E-state index contributed by atoms with van der Waals surface area (Å²) in [5.74, 6) is -0.655. The molecule has 7 heteroatoms. The molecule has 0 saturated carbocycles. The van der Waals surface area contributed by atoms with Gasteiger partial charge in [-0.15, -0.1) is 0 Å². The number of benzene rings is 1. The van der Waals surface area contributed by atoms with Gasteiger partial charge >= 0.3 is 0 Å². The third-order valence-corrected chi connectivity index (χ3v) is 3.28. The van der Waals surface area contributed by atoms with E-state index in [-0.39, 0.29) is 24.3 Å². The van der Waals surface area contributed by atoms with Gasteiger partial charge in [0.25, 0.3) is 0 Å². The molecule has 1 aliphatic rings. The Morgan fingerprint density at radius 2 is 2.40 bits per heavy atom. The van der Waals surface area contributed by atoms with E-state index in [4.69, 9.17) is 10.9 Å². The van der Waals surface area contributed by atoms with Crippen molar-refractivity contribution >= 4 is 11.7 Å². The number of nitrogens with zero attached hydrogens (tertiary/aromatic N) is 1. The third kappa shape index (κ3) is 3.24. The van der Waals surface area contributed by atoms with Crippen LogP contribution in [-0.2, 0) is 11.3 Å².